The van der Waals surface area contributed by atoms with Crippen LogP contribution in [0.25, 0.3) is 0 Å². The maximum Gasteiger partial charge on any atom is 0.326 e. The predicted molar refractivity (Wildman–Crippen MR) is 65.9 cm³/mol. The summed E-state index contributed by atoms with van der Waals surface area (Å²) in [5, 5.41) is 18.4. The molecule has 1 rings (SSSR count). The van der Waals surface area contributed by atoms with Gasteiger partial charge in [0.1, 0.15) is 6.04 Å². The molecule has 0 radical (unpaired) electrons. The molecule has 0 unspecified atom stereocenters. The Hall–Kier alpha value is -1.14. The van der Waals surface area contributed by atoms with E-state index >= 15 is 0 Å². The third-order valence-corrected chi connectivity index (χ3v) is 3.23. The van der Waals surface area contributed by atoms with Crippen LogP contribution in [0.3, 0.4) is 0 Å². The van der Waals surface area contributed by atoms with Crippen molar-refractivity contribution in [3.05, 3.63) is 0 Å². The first-order chi connectivity index (χ1) is 8.56. The lowest BCUT2D eigenvalue weighted by atomic mass is 10.1. The number of carboxylic acids is 1. The highest BCUT2D eigenvalue weighted by Crippen LogP contribution is 2.20. The van der Waals surface area contributed by atoms with Gasteiger partial charge in [-0.05, 0) is 19.4 Å². The van der Waals surface area contributed by atoms with E-state index in [-0.39, 0.29) is 18.9 Å². The smallest absolute Gasteiger partial charge is 0.326 e. The number of β-amino-alcohol motifs (C(OH)–C–C–N with tert-alkyl or cyclic N) is 1. The predicted octanol–water partition coefficient (Wildman–Crippen LogP) is -0.0580. The molecule has 0 aliphatic carbocycles. The molecule has 6 nitrogen and oxygen atoms in total. The molecule has 0 spiro atoms. The summed E-state index contributed by atoms with van der Waals surface area (Å²) in [4.78, 5) is 24.1. The topological polar surface area (TPSA) is 104 Å². The molecule has 0 bridgehead atoms. The Labute approximate surface area is 107 Å². The zero-order valence-corrected chi connectivity index (χ0v) is 10.5. The molecule has 6 heteroatoms. The summed E-state index contributed by atoms with van der Waals surface area (Å²) >= 11 is 0. The van der Waals surface area contributed by atoms with Crippen molar-refractivity contribution in [2.45, 2.75) is 50.7 Å². The summed E-state index contributed by atoms with van der Waals surface area (Å²) in [6.07, 6.45) is 3.39. The van der Waals surface area contributed by atoms with Gasteiger partial charge in [0, 0.05) is 19.4 Å². The van der Waals surface area contributed by atoms with Crippen LogP contribution in [0.2, 0.25) is 0 Å². The summed E-state index contributed by atoms with van der Waals surface area (Å²) in [6, 6.07) is -0.864. The maximum absolute atomic E-state index is 11.9. The Morgan fingerprint density at radius 1 is 1.22 bits per heavy atom. The second-order valence-electron chi connectivity index (χ2n) is 4.74. The largest absolute Gasteiger partial charge is 0.480 e. The van der Waals surface area contributed by atoms with Gasteiger partial charge in [-0.15, -0.1) is 0 Å². The molecule has 1 fully saturated rings. The first-order valence-corrected chi connectivity index (χ1v) is 6.46. The minimum atomic E-state index is -1.04. The zero-order chi connectivity index (χ0) is 13.5. The highest BCUT2D eigenvalue weighted by Gasteiger charge is 2.38. The molecule has 1 aliphatic rings. The van der Waals surface area contributed by atoms with Crippen molar-refractivity contribution in [2.24, 2.45) is 5.73 Å². The van der Waals surface area contributed by atoms with Gasteiger partial charge in [0.05, 0.1) is 6.10 Å². The van der Waals surface area contributed by atoms with E-state index in [0.717, 1.165) is 25.7 Å². The number of hydrogen-bond acceptors (Lipinski definition) is 4. The molecular formula is C12H22N2O4. The van der Waals surface area contributed by atoms with Crippen molar-refractivity contribution in [2.75, 3.05) is 13.1 Å². The van der Waals surface area contributed by atoms with E-state index in [4.69, 9.17) is 10.8 Å². The molecule has 104 valence electrons. The Bertz CT molecular complexity index is 296. The van der Waals surface area contributed by atoms with E-state index in [1.807, 2.05) is 0 Å². The van der Waals surface area contributed by atoms with Gasteiger partial charge in [-0.25, -0.2) is 4.79 Å². The number of amides is 1. The Balaban J connectivity index is 2.33. The average molecular weight is 258 g/mol. The van der Waals surface area contributed by atoms with Crippen LogP contribution in [0.4, 0.5) is 0 Å². The van der Waals surface area contributed by atoms with Gasteiger partial charge in [0.25, 0.3) is 0 Å². The number of aliphatic hydroxyl groups is 1. The van der Waals surface area contributed by atoms with Crippen LogP contribution in [0, 0.1) is 0 Å². The lowest BCUT2D eigenvalue weighted by molar-refractivity contribution is -0.148. The van der Waals surface area contributed by atoms with Crippen molar-refractivity contribution in [1.82, 2.24) is 4.90 Å². The van der Waals surface area contributed by atoms with Gasteiger partial charge >= 0.3 is 5.97 Å². The summed E-state index contributed by atoms with van der Waals surface area (Å²) in [5.41, 5.74) is 5.37. The molecule has 18 heavy (non-hydrogen) atoms. The number of carbonyl (C=O) groups excluding carboxylic acids is 1. The number of nitrogens with zero attached hydrogens (tertiary/aromatic N) is 1. The molecule has 1 saturated heterocycles. The Kier molecular flexibility index (Phi) is 6.07. The number of carbonyl (C=O) groups is 2. The third kappa shape index (κ3) is 4.27. The number of aliphatic hydroxyl groups excluding tert-OH is 1. The molecule has 1 aliphatic heterocycles. The minimum absolute atomic E-state index is 0.133. The van der Waals surface area contributed by atoms with Crippen molar-refractivity contribution in [1.29, 1.82) is 0 Å². The molecule has 2 atom stereocenters. The number of hydrogen-bond donors (Lipinski definition) is 3. The molecule has 1 amide bonds. The fraction of sp³-hybridized carbons (Fsp3) is 0.833. The summed E-state index contributed by atoms with van der Waals surface area (Å²) in [6.45, 7) is 0.798. The van der Waals surface area contributed by atoms with E-state index in [1.54, 1.807) is 0 Å². The lowest BCUT2D eigenvalue weighted by Crippen LogP contribution is -2.40. The van der Waals surface area contributed by atoms with Crippen LogP contribution in [0.15, 0.2) is 0 Å². The second kappa shape index (κ2) is 7.33. The van der Waals surface area contributed by atoms with Crippen molar-refractivity contribution in [3.63, 3.8) is 0 Å². The highest BCUT2D eigenvalue weighted by molar-refractivity contribution is 5.84. The summed E-state index contributed by atoms with van der Waals surface area (Å²) in [7, 11) is 0. The molecule has 4 N–H and O–H groups in total. The number of unbranched alkanes of at least 4 members (excludes halogenated alkanes) is 3. The number of carboxylic acid groups (broad SMARTS) is 1. The first-order valence-electron chi connectivity index (χ1n) is 6.46. The van der Waals surface area contributed by atoms with Crippen LogP contribution < -0.4 is 5.73 Å². The van der Waals surface area contributed by atoms with Crippen molar-refractivity contribution >= 4 is 11.9 Å². The fourth-order valence-electron chi connectivity index (χ4n) is 2.24. The molecule has 0 aromatic rings. The Morgan fingerprint density at radius 2 is 1.89 bits per heavy atom. The third-order valence-electron chi connectivity index (χ3n) is 3.23. The molecular weight excluding hydrogens is 236 g/mol. The minimum Gasteiger partial charge on any atom is -0.480 e. The van der Waals surface area contributed by atoms with Crippen LogP contribution >= 0.6 is 0 Å². The van der Waals surface area contributed by atoms with Gasteiger partial charge in [-0.1, -0.05) is 12.8 Å². The quantitative estimate of drug-likeness (QED) is 0.555. The zero-order valence-electron chi connectivity index (χ0n) is 10.5. The van der Waals surface area contributed by atoms with Gasteiger partial charge in [0.15, 0.2) is 0 Å². The van der Waals surface area contributed by atoms with Gasteiger partial charge in [0.2, 0.25) is 5.91 Å². The lowest BCUT2D eigenvalue weighted by Gasteiger charge is -2.21. The van der Waals surface area contributed by atoms with E-state index in [9.17, 15) is 14.7 Å². The first kappa shape index (κ1) is 14.9. The second-order valence-corrected chi connectivity index (χ2v) is 4.74. The van der Waals surface area contributed by atoms with E-state index in [1.165, 1.54) is 4.90 Å². The average Bonchev–Trinajstić information content (AvgIpc) is 2.71. The van der Waals surface area contributed by atoms with E-state index < -0.39 is 18.1 Å². The van der Waals surface area contributed by atoms with Gasteiger partial charge in [-0.2, -0.15) is 0 Å². The molecule has 0 aromatic heterocycles. The summed E-state index contributed by atoms with van der Waals surface area (Å²) in [5.74, 6) is -1.21. The van der Waals surface area contributed by atoms with Crippen LogP contribution in [0.1, 0.15) is 38.5 Å². The standard InChI is InChI=1S/C12H22N2O4/c13-6-4-2-1-3-5-11(16)14-8-9(15)7-10(14)12(17)18/h9-10,15H,1-8,13H2,(H,17,18)/t9-,10+/m1/s1. The van der Waals surface area contributed by atoms with Gasteiger partial charge < -0.3 is 20.8 Å². The Morgan fingerprint density at radius 3 is 2.50 bits per heavy atom. The fourth-order valence-corrected chi connectivity index (χ4v) is 2.24. The van der Waals surface area contributed by atoms with E-state index in [2.05, 4.69) is 0 Å². The molecule has 0 saturated carbocycles. The number of aliphatic carboxylic acids is 1. The van der Waals surface area contributed by atoms with E-state index in [0.29, 0.717) is 13.0 Å². The van der Waals surface area contributed by atoms with Crippen LogP contribution in [-0.4, -0.2) is 52.2 Å². The van der Waals surface area contributed by atoms with Crippen LogP contribution in [-0.2, 0) is 9.59 Å². The summed E-state index contributed by atoms with van der Waals surface area (Å²) < 4.78 is 0. The van der Waals surface area contributed by atoms with Crippen molar-refractivity contribution < 1.29 is 19.8 Å². The number of likely N-dealkylation sites (tertiary alicyclic amines) is 1. The normalized spacial score (nSPS) is 23.3. The van der Waals surface area contributed by atoms with Gasteiger partial charge in [-0.3, -0.25) is 4.79 Å². The number of nitrogens with two attached hydrogens (primary N) is 1. The molecule has 1 heterocycles. The highest BCUT2D eigenvalue weighted by atomic mass is 16.4. The number of rotatable bonds is 7. The molecule has 0 aromatic carbocycles. The van der Waals surface area contributed by atoms with Crippen LogP contribution in [0.5, 0.6) is 0 Å². The SMILES string of the molecule is NCCCCCCC(=O)N1C[C@H](O)C[C@H]1C(=O)O. The maximum atomic E-state index is 11.9. The van der Waals surface area contributed by atoms with Crippen molar-refractivity contribution in [3.8, 4) is 0 Å². The monoisotopic (exact) mass is 258 g/mol.